The van der Waals surface area contributed by atoms with Crippen LogP contribution < -0.4 is 21.1 Å². The minimum atomic E-state index is -0.312. The Morgan fingerprint density at radius 2 is 2.00 bits per heavy atom. The number of nitrogens with two attached hydrogens (primary N) is 2. The number of nitrogen functional groups attached to an aromatic ring is 1. The van der Waals surface area contributed by atoms with Gasteiger partial charge in [0.05, 0.1) is 32.1 Å². The average Bonchev–Trinajstić information content (AvgIpc) is 3.31. The van der Waals surface area contributed by atoms with Crippen LogP contribution in [0.2, 0.25) is 5.02 Å². The summed E-state index contributed by atoms with van der Waals surface area (Å²) < 4.78 is 16.5. The van der Waals surface area contributed by atoms with E-state index in [-0.39, 0.29) is 46.3 Å². The first-order valence-corrected chi connectivity index (χ1v) is 12.0. The highest BCUT2D eigenvalue weighted by Crippen LogP contribution is 2.40. The largest absolute Gasteiger partial charge is 0.468 e. The molecule has 0 bridgehead atoms. The number of piperidine rings is 1. The number of halogens is 1. The summed E-state index contributed by atoms with van der Waals surface area (Å²) in [4.78, 5) is 15.4. The summed E-state index contributed by atoms with van der Waals surface area (Å²) in [6.07, 6.45) is 4.50. The highest BCUT2D eigenvalue weighted by atomic mass is 35.5. The minimum Gasteiger partial charge on any atom is -0.468 e. The highest BCUT2D eigenvalue weighted by molar-refractivity contribution is 6.36. The van der Waals surface area contributed by atoms with E-state index in [2.05, 4.69) is 25.6 Å². The van der Waals surface area contributed by atoms with Crippen LogP contribution in [0.4, 0.5) is 11.6 Å². The SMILES string of the molecule is CN.N=C(c1ccnc(OC2COC2)c1Cl)c1nc(CO)c(N2CCC3(CCOC3)CC2)nc1N. The van der Waals surface area contributed by atoms with Crippen LogP contribution in [0.15, 0.2) is 12.3 Å². The van der Waals surface area contributed by atoms with Gasteiger partial charge in [0.2, 0.25) is 5.88 Å². The molecule has 3 aliphatic rings. The Labute approximate surface area is 209 Å². The van der Waals surface area contributed by atoms with Gasteiger partial charge in [-0.1, -0.05) is 11.6 Å². The van der Waals surface area contributed by atoms with Gasteiger partial charge in [-0.05, 0) is 37.8 Å². The second kappa shape index (κ2) is 11.0. The molecule has 5 rings (SSSR count). The van der Waals surface area contributed by atoms with Crippen LogP contribution in [-0.2, 0) is 16.1 Å². The number of aromatic nitrogens is 3. The molecule has 2 aromatic rings. The molecule has 0 radical (unpaired) electrons. The zero-order valence-electron chi connectivity index (χ0n) is 19.8. The van der Waals surface area contributed by atoms with Crippen LogP contribution in [0.25, 0.3) is 0 Å². The monoisotopic (exact) mass is 505 g/mol. The molecular formula is C23H32ClN7O4. The summed E-state index contributed by atoms with van der Waals surface area (Å²) in [5, 5.41) is 18.9. The summed E-state index contributed by atoms with van der Waals surface area (Å²) in [6.45, 7) is 3.86. The quantitative estimate of drug-likeness (QED) is 0.421. The van der Waals surface area contributed by atoms with Crippen LogP contribution in [0.1, 0.15) is 36.2 Å². The van der Waals surface area contributed by atoms with Crippen molar-refractivity contribution >= 4 is 28.9 Å². The number of ether oxygens (including phenoxy) is 3. The number of aliphatic hydroxyl groups excluding tert-OH is 1. The molecule has 0 saturated carbocycles. The van der Waals surface area contributed by atoms with Crippen LogP contribution >= 0.6 is 11.6 Å². The van der Waals surface area contributed by atoms with Gasteiger partial charge < -0.3 is 35.7 Å². The first-order chi connectivity index (χ1) is 17.0. The summed E-state index contributed by atoms with van der Waals surface area (Å²) in [7, 11) is 1.50. The maximum Gasteiger partial charge on any atom is 0.233 e. The van der Waals surface area contributed by atoms with Gasteiger partial charge in [0.15, 0.2) is 11.6 Å². The predicted molar refractivity (Wildman–Crippen MR) is 132 cm³/mol. The van der Waals surface area contributed by atoms with Gasteiger partial charge in [-0.3, -0.25) is 5.41 Å². The molecule has 190 valence electrons. The molecule has 0 unspecified atom stereocenters. The lowest BCUT2D eigenvalue weighted by Crippen LogP contribution is -2.41. The minimum absolute atomic E-state index is 0.0101. The lowest BCUT2D eigenvalue weighted by atomic mass is 9.78. The molecule has 0 aromatic carbocycles. The fourth-order valence-corrected chi connectivity index (χ4v) is 4.77. The fraction of sp³-hybridized carbons (Fsp3) is 0.565. The van der Waals surface area contributed by atoms with Gasteiger partial charge in [0.25, 0.3) is 0 Å². The van der Waals surface area contributed by atoms with E-state index in [1.165, 1.54) is 13.2 Å². The Balaban J connectivity index is 0.00000141. The standard InChI is InChI=1S/C22H27ClN6O4.CH5N/c23-16-14(1-5-26-21(16)33-13-10-32-11-13)17(24)18-19(25)28-20(15(9-30)27-18)29-6-2-22(3-7-29)4-8-31-12-22;1-2/h1,5,13,24,30H,2-4,6-12H2,(H2,25,28);2H2,1H3. The maximum absolute atomic E-state index is 10.0. The Morgan fingerprint density at radius 3 is 2.60 bits per heavy atom. The van der Waals surface area contributed by atoms with E-state index in [9.17, 15) is 5.11 Å². The second-order valence-corrected chi connectivity index (χ2v) is 9.18. The van der Waals surface area contributed by atoms with Crippen LogP contribution in [0.3, 0.4) is 0 Å². The number of pyridine rings is 1. The predicted octanol–water partition coefficient (Wildman–Crippen LogP) is 1.38. The molecule has 2 aromatic heterocycles. The number of nitrogens with zero attached hydrogens (tertiary/aromatic N) is 4. The van der Waals surface area contributed by atoms with Crippen molar-refractivity contribution in [3.63, 3.8) is 0 Å². The van der Waals surface area contributed by atoms with Gasteiger partial charge in [0.1, 0.15) is 22.5 Å². The van der Waals surface area contributed by atoms with Crippen molar-refractivity contribution in [3.05, 3.63) is 34.2 Å². The van der Waals surface area contributed by atoms with Crippen molar-refractivity contribution in [3.8, 4) is 5.88 Å². The molecule has 11 nitrogen and oxygen atoms in total. The van der Waals surface area contributed by atoms with Crippen molar-refractivity contribution in [2.45, 2.75) is 32.0 Å². The third-order valence-electron chi connectivity index (χ3n) is 6.68. The number of nitrogens with one attached hydrogen (secondary N) is 1. The molecule has 35 heavy (non-hydrogen) atoms. The number of rotatable bonds is 6. The molecule has 3 aliphatic heterocycles. The first kappa shape index (κ1) is 25.5. The van der Waals surface area contributed by atoms with E-state index in [4.69, 9.17) is 37.0 Å². The van der Waals surface area contributed by atoms with Crippen LogP contribution in [0, 0.1) is 10.8 Å². The van der Waals surface area contributed by atoms with Crippen molar-refractivity contribution < 1.29 is 19.3 Å². The van der Waals surface area contributed by atoms with Gasteiger partial charge in [-0.2, -0.15) is 0 Å². The van der Waals surface area contributed by atoms with E-state index >= 15 is 0 Å². The number of hydrogen-bond acceptors (Lipinski definition) is 11. The molecule has 0 aliphatic carbocycles. The van der Waals surface area contributed by atoms with E-state index in [1.807, 2.05) is 0 Å². The number of aliphatic hydroxyl groups is 1. The lowest BCUT2D eigenvalue weighted by molar-refractivity contribution is -0.0812. The zero-order valence-corrected chi connectivity index (χ0v) is 20.6. The first-order valence-electron chi connectivity index (χ1n) is 11.7. The van der Waals surface area contributed by atoms with Gasteiger partial charge in [-0.25, -0.2) is 15.0 Å². The molecule has 12 heteroatoms. The Hall–Kier alpha value is -2.57. The Morgan fingerprint density at radius 1 is 1.26 bits per heavy atom. The number of hydrogen-bond donors (Lipinski definition) is 4. The highest BCUT2D eigenvalue weighted by Gasteiger charge is 2.39. The topological polar surface area (TPSA) is 166 Å². The van der Waals surface area contributed by atoms with E-state index in [1.54, 1.807) is 6.07 Å². The van der Waals surface area contributed by atoms with Gasteiger partial charge >= 0.3 is 0 Å². The van der Waals surface area contributed by atoms with Crippen molar-refractivity contribution in [1.29, 1.82) is 5.41 Å². The fourth-order valence-electron chi connectivity index (χ4n) is 4.52. The Bertz CT molecular complexity index is 1050. The Kier molecular flexibility index (Phi) is 8.02. The van der Waals surface area contributed by atoms with Crippen LogP contribution in [-0.4, -0.2) is 78.4 Å². The third kappa shape index (κ3) is 5.19. The smallest absolute Gasteiger partial charge is 0.233 e. The summed E-state index contributed by atoms with van der Waals surface area (Å²) in [6, 6.07) is 1.61. The van der Waals surface area contributed by atoms with E-state index in [0.29, 0.717) is 30.3 Å². The molecule has 3 saturated heterocycles. The lowest BCUT2D eigenvalue weighted by Gasteiger charge is -2.39. The molecule has 0 atom stereocenters. The maximum atomic E-state index is 10.0. The summed E-state index contributed by atoms with van der Waals surface area (Å²) >= 11 is 6.49. The molecule has 6 N–H and O–H groups in total. The molecular weight excluding hydrogens is 474 g/mol. The molecule has 3 fully saturated rings. The van der Waals surface area contributed by atoms with Crippen LogP contribution in [0.5, 0.6) is 5.88 Å². The van der Waals surface area contributed by atoms with Gasteiger partial charge in [0, 0.05) is 31.5 Å². The second-order valence-electron chi connectivity index (χ2n) is 8.81. The van der Waals surface area contributed by atoms with E-state index in [0.717, 1.165) is 45.6 Å². The third-order valence-corrected chi connectivity index (χ3v) is 7.05. The van der Waals surface area contributed by atoms with E-state index < -0.39 is 0 Å². The molecule has 1 spiro atoms. The summed E-state index contributed by atoms with van der Waals surface area (Å²) in [5.41, 5.74) is 11.9. The molecule has 0 amide bonds. The number of anilines is 2. The van der Waals surface area contributed by atoms with Crippen molar-refractivity contribution in [1.82, 2.24) is 15.0 Å². The van der Waals surface area contributed by atoms with Gasteiger partial charge in [-0.15, -0.1) is 0 Å². The van der Waals surface area contributed by atoms with Crippen molar-refractivity contribution in [2.75, 3.05) is 57.2 Å². The normalized spacial score (nSPS) is 19.1. The zero-order chi connectivity index (χ0) is 25.0. The average molecular weight is 506 g/mol. The molecule has 5 heterocycles. The summed E-state index contributed by atoms with van der Waals surface area (Å²) in [5.74, 6) is 0.908. The van der Waals surface area contributed by atoms with Crippen molar-refractivity contribution in [2.24, 2.45) is 11.1 Å².